The number of halogens is 3. The molecule has 4 aromatic heterocycles. The van der Waals surface area contributed by atoms with Crippen molar-refractivity contribution in [2.24, 2.45) is 0 Å². The maximum absolute atomic E-state index is 8.54. The normalized spacial score (nSPS) is 10.5. The predicted molar refractivity (Wildman–Crippen MR) is 267 cm³/mol. The Bertz CT molecular complexity index is 3020. The van der Waals surface area contributed by atoms with Crippen LogP contribution < -0.4 is 5.46 Å². The van der Waals surface area contributed by atoms with Crippen molar-refractivity contribution in [3.05, 3.63) is 221 Å². The lowest BCUT2D eigenvalue weighted by atomic mass is 9.82. The first-order chi connectivity index (χ1) is 32.3. The van der Waals surface area contributed by atoms with Crippen LogP contribution >= 0.6 is 39.1 Å². The lowest BCUT2D eigenvalue weighted by molar-refractivity contribution is 0.425. The fourth-order valence-corrected chi connectivity index (χ4v) is 7.61. The number of benzene rings is 6. The molecule has 0 saturated carbocycles. The van der Waals surface area contributed by atoms with Crippen LogP contribution in [0.2, 0.25) is 10.0 Å². The number of hydrogen-bond donors (Lipinski definition) is 2. The van der Waals surface area contributed by atoms with Crippen molar-refractivity contribution in [2.45, 2.75) is 0 Å². The maximum atomic E-state index is 8.54. The summed E-state index contributed by atoms with van der Waals surface area (Å²) >= 11 is 16.2. The quantitative estimate of drug-likeness (QED) is 0.141. The molecule has 2 N–H and O–H groups in total. The van der Waals surface area contributed by atoms with Crippen molar-refractivity contribution in [2.75, 3.05) is 0 Å². The standard InChI is InChI=1S/C26H17ClN4.C21H13BrClN3.C5H6BNO2/c27-23-16-21(18-11-13-28-14-12-18)15-22(17-23)26-30-24(19-7-3-1-4-8-19)29-25(31-26)20-9-5-2-6-10-20;22-17-11-16(12-18(23)13-17)21-25-19(14-7-3-1-4-8-14)24-20(26-21)15-9-5-2-6-10-15;8-6(9)5-2-1-3-7-4-5/h1-17H;1-13H;1-4,8-9H. The zero-order valence-electron chi connectivity index (χ0n) is 34.8. The summed E-state index contributed by atoms with van der Waals surface area (Å²) in [6.07, 6.45) is 6.51. The smallest absolute Gasteiger partial charge is 0.423 e. The Morgan fingerprint density at radius 2 is 0.727 bits per heavy atom. The Morgan fingerprint density at radius 1 is 0.348 bits per heavy atom. The van der Waals surface area contributed by atoms with Crippen LogP contribution in [0.4, 0.5) is 0 Å². The van der Waals surface area contributed by atoms with Gasteiger partial charge in [-0.25, -0.2) is 29.9 Å². The molecule has 0 aliphatic rings. The summed E-state index contributed by atoms with van der Waals surface area (Å²) in [5.74, 6) is 3.66. The van der Waals surface area contributed by atoms with Gasteiger partial charge in [0.2, 0.25) is 0 Å². The van der Waals surface area contributed by atoms with E-state index < -0.39 is 7.12 Å². The fourth-order valence-electron chi connectivity index (χ4n) is 6.52. The third-order valence-corrected chi connectivity index (χ3v) is 10.6. The van der Waals surface area contributed by atoms with E-state index in [-0.39, 0.29) is 0 Å². The number of nitrogens with zero attached hydrogens (tertiary/aromatic N) is 8. The lowest BCUT2D eigenvalue weighted by Crippen LogP contribution is -2.29. The lowest BCUT2D eigenvalue weighted by Gasteiger charge is -2.10. The van der Waals surface area contributed by atoms with Gasteiger partial charge in [0, 0.05) is 78.1 Å². The summed E-state index contributed by atoms with van der Waals surface area (Å²) < 4.78 is 0.878. The van der Waals surface area contributed by atoms with Crippen molar-refractivity contribution in [1.29, 1.82) is 0 Å². The van der Waals surface area contributed by atoms with E-state index >= 15 is 0 Å². The second-order valence-corrected chi connectivity index (χ2v) is 16.1. The van der Waals surface area contributed by atoms with Gasteiger partial charge >= 0.3 is 7.12 Å². The highest BCUT2D eigenvalue weighted by Crippen LogP contribution is 2.32. The molecule has 10 aromatic rings. The van der Waals surface area contributed by atoms with Gasteiger partial charge < -0.3 is 10.0 Å². The Morgan fingerprint density at radius 3 is 1.09 bits per heavy atom. The average Bonchev–Trinajstić information content (AvgIpc) is 3.37. The van der Waals surface area contributed by atoms with Crippen LogP contribution in [0.15, 0.2) is 211 Å². The van der Waals surface area contributed by atoms with E-state index in [1.165, 1.54) is 6.20 Å². The molecule has 0 aliphatic heterocycles. The molecule has 0 atom stereocenters. The average molecular weight is 967 g/mol. The van der Waals surface area contributed by atoms with Gasteiger partial charge in [-0.05, 0) is 65.7 Å². The van der Waals surface area contributed by atoms with Crippen molar-refractivity contribution in [1.82, 2.24) is 39.9 Å². The van der Waals surface area contributed by atoms with Crippen LogP contribution in [0.1, 0.15) is 0 Å². The first kappa shape index (κ1) is 45.3. The Kier molecular flexibility index (Phi) is 15.1. The zero-order valence-corrected chi connectivity index (χ0v) is 37.9. The van der Waals surface area contributed by atoms with E-state index in [1.54, 1.807) is 30.7 Å². The van der Waals surface area contributed by atoms with Crippen LogP contribution in [0, 0.1) is 0 Å². The Balaban J connectivity index is 0.000000153. The van der Waals surface area contributed by atoms with Crippen LogP contribution in [0.3, 0.4) is 0 Å². The molecule has 0 amide bonds. The SMILES string of the molecule is Clc1cc(-c2ccncc2)cc(-c2nc(-c3ccccc3)nc(-c3ccccc3)n2)c1.Clc1cc(Br)cc(-c2nc(-c3ccccc3)nc(-c3ccccc3)n2)c1.OB(O)c1cccnc1. The summed E-state index contributed by atoms with van der Waals surface area (Å²) in [6.45, 7) is 0. The molecule has 6 aromatic carbocycles. The number of pyridine rings is 2. The van der Waals surface area contributed by atoms with E-state index in [9.17, 15) is 0 Å². The Labute approximate surface area is 400 Å². The molecular formula is C52H36BBrCl2N8O2. The van der Waals surface area contributed by atoms with E-state index in [0.717, 1.165) is 49.0 Å². The largest absolute Gasteiger partial charge is 0.490 e. The second-order valence-electron chi connectivity index (χ2n) is 14.4. The highest BCUT2D eigenvalue weighted by atomic mass is 79.9. The topological polar surface area (TPSA) is 144 Å². The van der Waals surface area contributed by atoms with Crippen LogP contribution in [-0.4, -0.2) is 57.0 Å². The monoisotopic (exact) mass is 964 g/mol. The van der Waals surface area contributed by atoms with Gasteiger partial charge in [-0.3, -0.25) is 9.97 Å². The maximum Gasteiger partial charge on any atom is 0.490 e. The van der Waals surface area contributed by atoms with E-state index in [4.69, 9.17) is 48.2 Å². The minimum atomic E-state index is -1.40. The molecule has 10 nitrogen and oxygen atoms in total. The van der Waals surface area contributed by atoms with Gasteiger partial charge in [0.05, 0.1) is 0 Å². The van der Waals surface area contributed by atoms with Gasteiger partial charge in [0.1, 0.15) is 0 Å². The minimum absolute atomic E-state index is 0.414. The Hall–Kier alpha value is -7.32. The molecule has 0 unspecified atom stereocenters. The molecule has 320 valence electrons. The summed E-state index contributed by atoms with van der Waals surface area (Å²) in [5.41, 5.74) is 7.82. The molecule has 4 heterocycles. The molecule has 0 fully saturated rings. The molecule has 0 radical (unpaired) electrons. The van der Waals surface area contributed by atoms with E-state index in [1.807, 2.05) is 170 Å². The highest BCUT2D eigenvalue weighted by Gasteiger charge is 2.15. The number of hydrogen-bond acceptors (Lipinski definition) is 10. The van der Waals surface area contributed by atoms with Crippen molar-refractivity contribution < 1.29 is 10.0 Å². The van der Waals surface area contributed by atoms with Crippen molar-refractivity contribution in [3.63, 3.8) is 0 Å². The van der Waals surface area contributed by atoms with Gasteiger partial charge in [0.15, 0.2) is 34.9 Å². The third kappa shape index (κ3) is 12.1. The summed E-state index contributed by atoms with van der Waals surface area (Å²) in [5, 5.41) is 18.3. The molecule has 66 heavy (non-hydrogen) atoms. The van der Waals surface area contributed by atoms with Gasteiger partial charge in [-0.2, -0.15) is 0 Å². The second kappa shape index (κ2) is 22.0. The van der Waals surface area contributed by atoms with Gasteiger partial charge in [-0.1, -0.05) is 167 Å². The molecule has 0 bridgehead atoms. The molecular weight excluding hydrogens is 930 g/mol. The molecule has 14 heteroatoms. The van der Waals surface area contributed by atoms with Crippen molar-refractivity contribution in [3.8, 4) is 79.5 Å². The summed E-state index contributed by atoms with van der Waals surface area (Å²) in [6, 6.07) is 58.2. The van der Waals surface area contributed by atoms with Crippen LogP contribution in [0.25, 0.3) is 79.5 Å². The molecule has 0 spiro atoms. The summed E-state index contributed by atoms with van der Waals surface area (Å²) in [7, 11) is -1.40. The van der Waals surface area contributed by atoms with Crippen LogP contribution in [-0.2, 0) is 0 Å². The third-order valence-electron chi connectivity index (χ3n) is 9.67. The highest BCUT2D eigenvalue weighted by molar-refractivity contribution is 9.10. The van der Waals surface area contributed by atoms with Crippen LogP contribution in [0.5, 0.6) is 0 Å². The number of rotatable bonds is 8. The molecule has 10 rings (SSSR count). The van der Waals surface area contributed by atoms with Gasteiger partial charge in [-0.15, -0.1) is 0 Å². The molecule has 0 aliphatic carbocycles. The zero-order chi connectivity index (χ0) is 45.7. The van der Waals surface area contributed by atoms with Crippen molar-refractivity contribution >= 4 is 51.7 Å². The molecule has 0 saturated heterocycles. The first-order valence-corrected chi connectivity index (χ1v) is 22.0. The number of aromatic nitrogens is 8. The fraction of sp³-hybridized carbons (Fsp3) is 0. The van der Waals surface area contributed by atoms with Gasteiger partial charge in [0.25, 0.3) is 0 Å². The first-order valence-electron chi connectivity index (χ1n) is 20.4. The summed E-state index contributed by atoms with van der Waals surface area (Å²) in [4.78, 5) is 36.1. The van der Waals surface area contributed by atoms with E-state index in [0.29, 0.717) is 50.5 Å². The predicted octanol–water partition coefficient (Wildman–Crippen LogP) is 11.6. The van der Waals surface area contributed by atoms with E-state index in [2.05, 4.69) is 40.8 Å². The minimum Gasteiger partial charge on any atom is -0.423 e.